The van der Waals surface area contributed by atoms with Gasteiger partial charge in [-0.3, -0.25) is 4.99 Å². The summed E-state index contributed by atoms with van der Waals surface area (Å²) in [7, 11) is 4.16. The fourth-order valence-electron chi connectivity index (χ4n) is 6.16. The van der Waals surface area contributed by atoms with E-state index in [9.17, 15) is 14.3 Å². The molecule has 0 aromatic heterocycles. The Morgan fingerprint density at radius 1 is 1.24 bits per heavy atom. The molecule has 0 amide bonds. The number of unbranched alkanes of at least 4 members (excludes halogenated alkanes) is 1. The predicted molar refractivity (Wildman–Crippen MR) is 132 cm³/mol. The number of hydrogen-bond donors (Lipinski definition) is 1. The SMILES string of the molecule is CCCCN1C=NC(CCC)(C(=O)O)C1CC1CCC(C(c2cccc(F)c2)N(C)C)CC1. The molecule has 0 spiro atoms. The lowest BCUT2D eigenvalue weighted by atomic mass is 9.72. The molecule has 3 unspecified atom stereocenters. The highest BCUT2D eigenvalue weighted by molar-refractivity contribution is 5.85. The van der Waals surface area contributed by atoms with Gasteiger partial charge in [0.15, 0.2) is 5.54 Å². The summed E-state index contributed by atoms with van der Waals surface area (Å²) in [4.78, 5) is 21.5. The van der Waals surface area contributed by atoms with Crippen LogP contribution in [0.3, 0.4) is 0 Å². The number of benzene rings is 1. The van der Waals surface area contributed by atoms with Crippen molar-refractivity contribution in [1.82, 2.24) is 9.80 Å². The molecule has 0 bridgehead atoms. The molecule has 1 fully saturated rings. The highest BCUT2D eigenvalue weighted by Crippen LogP contribution is 2.43. The number of aliphatic carboxylic acids is 1. The normalized spacial score (nSPS) is 28.4. The van der Waals surface area contributed by atoms with Gasteiger partial charge in [0.2, 0.25) is 0 Å². The molecule has 0 radical (unpaired) electrons. The minimum atomic E-state index is -1.01. The van der Waals surface area contributed by atoms with Crippen LogP contribution in [0.1, 0.15) is 83.2 Å². The van der Waals surface area contributed by atoms with Crippen molar-refractivity contribution < 1.29 is 14.3 Å². The molecule has 33 heavy (non-hydrogen) atoms. The van der Waals surface area contributed by atoms with Crippen molar-refractivity contribution in [3.05, 3.63) is 35.6 Å². The standard InChI is InChI=1S/C27H42FN3O2/c1-5-7-16-31-19-29-27(15-6-2,26(32)33)24(31)17-20-11-13-21(14-12-20)25(30(3)4)22-9-8-10-23(28)18-22/h8-10,18-21,24-25H,5-7,11-17H2,1-4H3,(H,32,33). The summed E-state index contributed by atoms with van der Waals surface area (Å²) in [5.41, 5.74) is 0.0406. The van der Waals surface area contributed by atoms with Crippen LogP contribution in [0.5, 0.6) is 0 Å². The van der Waals surface area contributed by atoms with Gasteiger partial charge in [-0.25, -0.2) is 9.18 Å². The lowest BCUT2D eigenvalue weighted by Gasteiger charge is -2.41. The molecular weight excluding hydrogens is 417 g/mol. The molecule has 184 valence electrons. The molecule has 3 atom stereocenters. The fraction of sp³-hybridized carbons (Fsp3) is 0.704. The summed E-state index contributed by atoms with van der Waals surface area (Å²) in [5, 5.41) is 10.2. The molecular formula is C27H42FN3O2. The van der Waals surface area contributed by atoms with Crippen molar-refractivity contribution >= 4 is 12.3 Å². The van der Waals surface area contributed by atoms with Crippen LogP contribution in [0.4, 0.5) is 4.39 Å². The Bertz CT molecular complexity index is 806. The third kappa shape index (κ3) is 5.76. The van der Waals surface area contributed by atoms with Gasteiger partial charge in [-0.05, 0) is 75.7 Å². The zero-order chi connectivity index (χ0) is 24.0. The maximum absolute atomic E-state index is 13.9. The lowest BCUT2D eigenvalue weighted by molar-refractivity contribution is -0.145. The molecule has 2 aliphatic rings. The first kappa shape index (κ1) is 25.7. The summed E-state index contributed by atoms with van der Waals surface area (Å²) in [6.07, 6.45) is 10.6. The molecule has 3 rings (SSSR count). The Morgan fingerprint density at radius 3 is 2.55 bits per heavy atom. The topological polar surface area (TPSA) is 56.1 Å². The summed E-state index contributed by atoms with van der Waals surface area (Å²) >= 11 is 0. The molecule has 1 heterocycles. The van der Waals surface area contributed by atoms with Crippen LogP contribution in [0.2, 0.25) is 0 Å². The number of aliphatic imine (C=N–C) groups is 1. The van der Waals surface area contributed by atoms with E-state index in [4.69, 9.17) is 0 Å². The van der Waals surface area contributed by atoms with E-state index in [2.05, 4.69) is 35.8 Å². The van der Waals surface area contributed by atoms with Crippen molar-refractivity contribution in [2.45, 2.75) is 89.3 Å². The van der Waals surface area contributed by atoms with Crippen molar-refractivity contribution in [2.75, 3.05) is 20.6 Å². The largest absolute Gasteiger partial charge is 0.479 e. The molecule has 1 aliphatic carbocycles. The second-order valence-corrected chi connectivity index (χ2v) is 10.3. The quantitative estimate of drug-likeness (QED) is 0.457. The van der Waals surface area contributed by atoms with Gasteiger partial charge in [0.1, 0.15) is 5.82 Å². The van der Waals surface area contributed by atoms with Crippen molar-refractivity contribution in [3.63, 3.8) is 0 Å². The molecule has 1 aromatic rings. The second kappa shape index (κ2) is 11.5. The van der Waals surface area contributed by atoms with E-state index in [1.54, 1.807) is 12.1 Å². The van der Waals surface area contributed by atoms with Crippen molar-refractivity contribution in [3.8, 4) is 0 Å². The van der Waals surface area contributed by atoms with E-state index in [-0.39, 0.29) is 17.9 Å². The van der Waals surface area contributed by atoms with Gasteiger partial charge in [0, 0.05) is 12.6 Å². The van der Waals surface area contributed by atoms with E-state index in [1.165, 1.54) is 6.07 Å². The molecule has 5 nitrogen and oxygen atoms in total. The molecule has 1 aromatic carbocycles. The first-order chi connectivity index (χ1) is 15.8. The van der Waals surface area contributed by atoms with E-state index in [0.717, 1.165) is 63.5 Å². The van der Waals surface area contributed by atoms with Crippen LogP contribution in [0.25, 0.3) is 0 Å². The lowest BCUT2D eigenvalue weighted by Crippen LogP contribution is -2.52. The maximum Gasteiger partial charge on any atom is 0.333 e. The number of halogens is 1. The molecule has 6 heteroatoms. The molecule has 0 saturated heterocycles. The van der Waals surface area contributed by atoms with Crippen LogP contribution >= 0.6 is 0 Å². The number of carboxylic acid groups (broad SMARTS) is 1. The molecule has 1 N–H and O–H groups in total. The van der Waals surface area contributed by atoms with Crippen LogP contribution in [0.15, 0.2) is 29.3 Å². The summed E-state index contributed by atoms with van der Waals surface area (Å²) in [6, 6.07) is 7.16. The van der Waals surface area contributed by atoms with Crippen LogP contribution < -0.4 is 0 Å². The molecule has 1 aliphatic heterocycles. The van der Waals surface area contributed by atoms with E-state index in [1.807, 2.05) is 19.3 Å². The number of hydrogen-bond acceptors (Lipinski definition) is 4. The van der Waals surface area contributed by atoms with E-state index >= 15 is 0 Å². The van der Waals surface area contributed by atoms with Gasteiger partial charge < -0.3 is 14.9 Å². The Hall–Kier alpha value is -1.95. The van der Waals surface area contributed by atoms with Gasteiger partial charge in [-0.2, -0.15) is 0 Å². The van der Waals surface area contributed by atoms with Crippen LogP contribution in [-0.2, 0) is 4.79 Å². The summed E-state index contributed by atoms with van der Waals surface area (Å²) < 4.78 is 13.9. The highest BCUT2D eigenvalue weighted by Gasteiger charge is 2.51. The smallest absolute Gasteiger partial charge is 0.333 e. The average Bonchev–Trinajstić information content (AvgIpc) is 3.12. The Labute approximate surface area is 199 Å². The third-order valence-electron chi connectivity index (χ3n) is 7.80. The monoisotopic (exact) mass is 459 g/mol. The Morgan fingerprint density at radius 2 is 1.97 bits per heavy atom. The van der Waals surface area contributed by atoms with Gasteiger partial charge in [0.05, 0.1) is 12.4 Å². The summed E-state index contributed by atoms with van der Waals surface area (Å²) in [5.74, 6) is 0.0244. The van der Waals surface area contributed by atoms with Crippen LogP contribution in [0, 0.1) is 17.7 Å². The van der Waals surface area contributed by atoms with Crippen molar-refractivity contribution in [1.29, 1.82) is 0 Å². The highest BCUT2D eigenvalue weighted by atomic mass is 19.1. The Balaban J connectivity index is 1.70. The zero-order valence-corrected chi connectivity index (χ0v) is 20.8. The number of carboxylic acids is 1. The maximum atomic E-state index is 13.9. The van der Waals surface area contributed by atoms with Gasteiger partial charge in [-0.15, -0.1) is 0 Å². The van der Waals surface area contributed by atoms with Crippen LogP contribution in [-0.4, -0.2) is 59.4 Å². The summed E-state index contributed by atoms with van der Waals surface area (Å²) in [6.45, 7) is 5.09. The van der Waals surface area contributed by atoms with E-state index < -0.39 is 11.5 Å². The van der Waals surface area contributed by atoms with Gasteiger partial charge in [0.25, 0.3) is 0 Å². The first-order valence-electron chi connectivity index (χ1n) is 12.8. The second-order valence-electron chi connectivity index (χ2n) is 10.3. The first-order valence-corrected chi connectivity index (χ1v) is 12.8. The number of rotatable bonds is 11. The van der Waals surface area contributed by atoms with E-state index in [0.29, 0.717) is 18.3 Å². The fourth-order valence-corrected chi connectivity index (χ4v) is 6.16. The minimum absolute atomic E-state index is 0.0593. The number of nitrogens with zero attached hydrogens (tertiary/aromatic N) is 3. The third-order valence-corrected chi connectivity index (χ3v) is 7.80. The average molecular weight is 460 g/mol. The van der Waals surface area contributed by atoms with Gasteiger partial charge in [-0.1, -0.05) is 51.7 Å². The van der Waals surface area contributed by atoms with Crippen molar-refractivity contribution in [2.24, 2.45) is 16.8 Å². The molecule has 1 saturated carbocycles. The Kier molecular flexibility index (Phi) is 8.91. The zero-order valence-electron chi connectivity index (χ0n) is 20.8. The number of carbonyl (C=O) groups is 1. The predicted octanol–water partition coefficient (Wildman–Crippen LogP) is 5.76. The minimum Gasteiger partial charge on any atom is -0.479 e. The van der Waals surface area contributed by atoms with Gasteiger partial charge >= 0.3 is 5.97 Å².